The number of amides is 2. The van der Waals surface area contributed by atoms with Gasteiger partial charge in [-0.05, 0) is 30.5 Å². The van der Waals surface area contributed by atoms with E-state index in [-0.39, 0.29) is 41.7 Å². The molecule has 1 fully saturated rings. The third-order valence-corrected chi connectivity index (χ3v) is 5.69. The number of hydrogen-bond donors (Lipinski definition) is 2. The molecular weight excluding hydrogens is 335 g/mol. The van der Waals surface area contributed by atoms with Gasteiger partial charge in [-0.25, -0.2) is 12.8 Å². The maximum atomic E-state index is 12.8. The molecule has 0 bridgehead atoms. The van der Waals surface area contributed by atoms with Crippen LogP contribution in [-0.4, -0.2) is 44.3 Å². The van der Waals surface area contributed by atoms with Crippen molar-refractivity contribution in [2.24, 2.45) is 5.92 Å². The second kappa shape index (κ2) is 7.74. The number of rotatable bonds is 6. The first-order valence-corrected chi connectivity index (χ1v) is 9.59. The summed E-state index contributed by atoms with van der Waals surface area (Å²) in [5, 5.41) is 5.14. The summed E-state index contributed by atoms with van der Waals surface area (Å²) in [5.41, 5.74) is 0.833. The molecule has 2 atom stereocenters. The first kappa shape index (κ1) is 18.4. The van der Waals surface area contributed by atoms with Crippen LogP contribution in [-0.2, 0) is 25.8 Å². The molecule has 0 saturated carbocycles. The molecule has 24 heavy (non-hydrogen) atoms. The van der Waals surface area contributed by atoms with E-state index in [0.29, 0.717) is 12.8 Å². The number of carbonyl (C=O) groups is 2. The molecule has 1 aliphatic heterocycles. The third-order valence-electron chi connectivity index (χ3n) is 3.92. The van der Waals surface area contributed by atoms with Crippen molar-refractivity contribution in [3.63, 3.8) is 0 Å². The van der Waals surface area contributed by atoms with Crippen LogP contribution in [0.5, 0.6) is 0 Å². The average molecular weight is 356 g/mol. The van der Waals surface area contributed by atoms with Crippen molar-refractivity contribution in [1.29, 1.82) is 0 Å². The Morgan fingerprint density at radius 1 is 1.29 bits per heavy atom. The molecule has 1 aliphatic rings. The van der Waals surface area contributed by atoms with Crippen LogP contribution < -0.4 is 10.6 Å². The fourth-order valence-corrected chi connectivity index (χ4v) is 4.27. The van der Waals surface area contributed by atoms with Crippen molar-refractivity contribution in [2.75, 3.05) is 18.1 Å². The maximum Gasteiger partial charge on any atom is 0.239 e. The van der Waals surface area contributed by atoms with E-state index in [2.05, 4.69) is 10.6 Å². The fourth-order valence-electron chi connectivity index (χ4n) is 2.60. The number of halogens is 1. The van der Waals surface area contributed by atoms with E-state index >= 15 is 0 Å². The lowest BCUT2D eigenvalue weighted by atomic mass is 10.0. The lowest BCUT2D eigenvalue weighted by molar-refractivity contribution is -0.128. The molecule has 2 amide bonds. The molecule has 2 unspecified atom stereocenters. The van der Waals surface area contributed by atoms with E-state index in [9.17, 15) is 22.4 Å². The van der Waals surface area contributed by atoms with E-state index in [4.69, 9.17) is 0 Å². The lowest BCUT2D eigenvalue weighted by Crippen LogP contribution is -2.43. The normalized spacial score (nSPS) is 20.3. The van der Waals surface area contributed by atoms with Crippen LogP contribution in [0.3, 0.4) is 0 Å². The number of benzene rings is 1. The second-order valence-electron chi connectivity index (χ2n) is 6.12. The van der Waals surface area contributed by atoms with Gasteiger partial charge < -0.3 is 10.6 Å². The SMILES string of the molecule is CC(Cc1ccc(F)cc1)C(=O)NCC(=O)NC1CCS(=O)(=O)C1. The van der Waals surface area contributed by atoms with Crippen LogP contribution in [0.25, 0.3) is 0 Å². The summed E-state index contributed by atoms with van der Waals surface area (Å²) in [7, 11) is -3.05. The Labute approximate surface area is 140 Å². The molecule has 1 saturated heterocycles. The van der Waals surface area contributed by atoms with Gasteiger partial charge in [0.15, 0.2) is 9.84 Å². The highest BCUT2D eigenvalue weighted by Crippen LogP contribution is 2.11. The average Bonchev–Trinajstić information content (AvgIpc) is 2.85. The zero-order chi connectivity index (χ0) is 17.7. The Bertz CT molecular complexity index is 703. The first-order valence-electron chi connectivity index (χ1n) is 7.77. The first-order chi connectivity index (χ1) is 11.2. The summed E-state index contributed by atoms with van der Waals surface area (Å²) < 4.78 is 35.5. The molecule has 0 radical (unpaired) electrons. The Hall–Kier alpha value is -1.96. The van der Waals surface area contributed by atoms with E-state index in [1.807, 2.05) is 0 Å². The highest BCUT2D eigenvalue weighted by molar-refractivity contribution is 7.91. The Morgan fingerprint density at radius 2 is 1.96 bits per heavy atom. The van der Waals surface area contributed by atoms with Gasteiger partial charge in [-0.1, -0.05) is 19.1 Å². The predicted molar refractivity (Wildman–Crippen MR) is 87.5 cm³/mol. The summed E-state index contributed by atoms with van der Waals surface area (Å²) in [5.74, 6) is -1.35. The molecule has 1 heterocycles. The van der Waals surface area contributed by atoms with Crippen LogP contribution in [0.4, 0.5) is 4.39 Å². The number of carbonyl (C=O) groups excluding carboxylic acids is 2. The standard InChI is InChI=1S/C16H21FN2O4S/c1-11(8-12-2-4-13(17)5-3-12)16(21)18-9-15(20)19-14-6-7-24(22,23)10-14/h2-5,11,14H,6-10H2,1H3,(H,18,21)(H,19,20). The smallest absolute Gasteiger partial charge is 0.239 e. The van der Waals surface area contributed by atoms with Crippen molar-refractivity contribution in [2.45, 2.75) is 25.8 Å². The minimum Gasteiger partial charge on any atom is -0.351 e. The van der Waals surface area contributed by atoms with Crippen molar-refractivity contribution in [3.8, 4) is 0 Å². The third kappa shape index (κ3) is 5.59. The highest BCUT2D eigenvalue weighted by atomic mass is 32.2. The van der Waals surface area contributed by atoms with Gasteiger partial charge in [0, 0.05) is 12.0 Å². The quantitative estimate of drug-likeness (QED) is 0.773. The Balaban J connectivity index is 1.73. The predicted octanol–water partition coefficient (Wildman–Crippen LogP) is 0.424. The van der Waals surface area contributed by atoms with Gasteiger partial charge in [-0.3, -0.25) is 9.59 Å². The van der Waals surface area contributed by atoms with Gasteiger partial charge in [-0.2, -0.15) is 0 Å². The van der Waals surface area contributed by atoms with Crippen LogP contribution in [0.15, 0.2) is 24.3 Å². The topological polar surface area (TPSA) is 92.3 Å². The molecular formula is C16H21FN2O4S. The molecule has 2 rings (SSSR count). The number of nitrogens with one attached hydrogen (secondary N) is 2. The van der Waals surface area contributed by atoms with Crippen molar-refractivity contribution >= 4 is 21.7 Å². The van der Waals surface area contributed by atoms with E-state index < -0.39 is 15.7 Å². The molecule has 1 aromatic carbocycles. The van der Waals surface area contributed by atoms with Gasteiger partial charge in [0.05, 0.1) is 18.1 Å². The largest absolute Gasteiger partial charge is 0.351 e. The van der Waals surface area contributed by atoms with Gasteiger partial charge >= 0.3 is 0 Å². The van der Waals surface area contributed by atoms with Crippen molar-refractivity contribution in [3.05, 3.63) is 35.6 Å². The van der Waals surface area contributed by atoms with Crippen LogP contribution in [0.1, 0.15) is 18.9 Å². The van der Waals surface area contributed by atoms with E-state index in [0.717, 1.165) is 5.56 Å². The summed E-state index contributed by atoms with van der Waals surface area (Å²) >= 11 is 0. The monoisotopic (exact) mass is 356 g/mol. The Morgan fingerprint density at radius 3 is 2.54 bits per heavy atom. The minimum absolute atomic E-state index is 0.0480. The van der Waals surface area contributed by atoms with E-state index in [1.165, 1.54) is 12.1 Å². The second-order valence-corrected chi connectivity index (χ2v) is 8.35. The van der Waals surface area contributed by atoms with Crippen molar-refractivity contribution < 1.29 is 22.4 Å². The minimum atomic E-state index is -3.05. The molecule has 132 valence electrons. The molecule has 2 N–H and O–H groups in total. The van der Waals surface area contributed by atoms with Crippen LogP contribution in [0.2, 0.25) is 0 Å². The fraction of sp³-hybridized carbons (Fsp3) is 0.500. The summed E-state index contributed by atoms with van der Waals surface area (Å²) in [6.45, 7) is 1.53. The van der Waals surface area contributed by atoms with E-state index in [1.54, 1.807) is 19.1 Å². The summed E-state index contributed by atoms with van der Waals surface area (Å²) in [6.07, 6.45) is 0.845. The number of sulfone groups is 1. The van der Waals surface area contributed by atoms with Gasteiger partial charge in [0.2, 0.25) is 11.8 Å². The molecule has 8 heteroatoms. The molecule has 0 aromatic heterocycles. The zero-order valence-electron chi connectivity index (χ0n) is 13.4. The van der Waals surface area contributed by atoms with Crippen LogP contribution >= 0.6 is 0 Å². The Kier molecular flexibility index (Phi) is 5.93. The number of hydrogen-bond acceptors (Lipinski definition) is 4. The van der Waals surface area contributed by atoms with Crippen molar-refractivity contribution in [1.82, 2.24) is 10.6 Å². The summed E-state index contributed by atoms with van der Waals surface area (Å²) in [4.78, 5) is 23.8. The molecule has 0 aliphatic carbocycles. The molecule has 6 nitrogen and oxygen atoms in total. The lowest BCUT2D eigenvalue weighted by Gasteiger charge is -2.14. The maximum absolute atomic E-state index is 12.8. The van der Waals surface area contributed by atoms with Crippen LogP contribution in [0, 0.1) is 11.7 Å². The van der Waals surface area contributed by atoms with Gasteiger partial charge in [-0.15, -0.1) is 0 Å². The highest BCUT2D eigenvalue weighted by Gasteiger charge is 2.28. The summed E-state index contributed by atoms with van der Waals surface area (Å²) in [6, 6.07) is 5.53. The molecule has 0 spiro atoms. The zero-order valence-corrected chi connectivity index (χ0v) is 14.2. The van der Waals surface area contributed by atoms with Gasteiger partial charge in [0.1, 0.15) is 5.82 Å². The molecule has 1 aromatic rings. The van der Waals surface area contributed by atoms with Gasteiger partial charge in [0.25, 0.3) is 0 Å².